The molecule has 126 valence electrons. The molecule has 1 aliphatic heterocycles. The number of benzene rings is 2. The van der Waals surface area contributed by atoms with E-state index in [1.807, 2.05) is 37.3 Å². The van der Waals surface area contributed by atoms with Crippen molar-refractivity contribution in [3.05, 3.63) is 71.6 Å². The van der Waals surface area contributed by atoms with Gasteiger partial charge in [-0.1, -0.05) is 17.2 Å². The third-order valence-corrected chi connectivity index (χ3v) is 4.02. The summed E-state index contributed by atoms with van der Waals surface area (Å²) in [4.78, 5) is 0. The summed E-state index contributed by atoms with van der Waals surface area (Å²) in [6.45, 7) is 2.57. The molecule has 1 atom stereocenters. The summed E-state index contributed by atoms with van der Waals surface area (Å²) in [5.74, 6) is 1.09. The molecule has 0 bridgehead atoms. The van der Waals surface area contributed by atoms with Crippen molar-refractivity contribution in [1.29, 1.82) is 0 Å². The second-order valence-electron chi connectivity index (χ2n) is 5.61. The average Bonchev–Trinajstić information content (AvgIpc) is 3.11. The normalized spacial score (nSPS) is 15.9. The fraction of sp³-hybridized carbons (Fsp3) is 0.167. The molecule has 2 aromatic carbocycles. The predicted molar refractivity (Wildman–Crippen MR) is 91.6 cm³/mol. The highest BCUT2D eigenvalue weighted by Crippen LogP contribution is 2.32. The second-order valence-corrected chi connectivity index (χ2v) is 5.61. The van der Waals surface area contributed by atoms with Crippen molar-refractivity contribution in [3.8, 4) is 5.75 Å². The summed E-state index contributed by atoms with van der Waals surface area (Å²) < 4.78 is 20.4. The number of tetrazole rings is 1. The van der Waals surface area contributed by atoms with E-state index in [2.05, 4.69) is 20.8 Å². The summed E-state index contributed by atoms with van der Waals surface area (Å²) in [6, 6.07) is 14.0. The third-order valence-electron chi connectivity index (χ3n) is 4.02. The number of halogens is 1. The van der Waals surface area contributed by atoms with Gasteiger partial charge in [-0.3, -0.25) is 0 Å². The lowest BCUT2D eigenvalue weighted by Gasteiger charge is -2.23. The van der Waals surface area contributed by atoms with E-state index in [1.165, 1.54) is 12.1 Å². The molecule has 1 aliphatic rings. The SMILES string of the molecule is CCOc1ccc([C@H]2C=C(c3ccc(F)cc3)Nc3nnnn32)cc1. The smallest absolute Gasteiger partial charge is 0.248 e. The molecular formula is C18H16FN5O. The molecule has 7 heteroatoms. The van der Waals surface area contributed by atoms with Gasteiger partial charge < -0.3 is 10.1 Å². The number of ether oxygens (including phenoxy) is 1. The first-order valence-electron chi connectivity index (χ1n) is 8.00. The highest BCUT2D eigenvalue weighted by Gasteiger charge is 2.24. The van der Waals surface area contributed by atoms with E-state index in [9.17, 15) is 4.39 Å². The fourth-order valence-corrected chi connectivity index (χ4v) is 2.82. The van der Waals surface area contributed by atoms with Gasteiger partial charge in [-0.15, -0.1) is 0 Å². The summed E-state index contributed by atoms with van der Waals surface area (Å²) in [7, 11) is 0. The molecule has 0 saturated heterocycles. The Kier molecular flexibility index (Phi) is 3.89. The lowest BCUT2D eigenvalue weighted by molar-refractivity contribution is 0.340. The molecule has 1 aromatic heterocycles. The zero-order chi connectivity index (χ0) is 17.2. The van der Waals surface area contributed by atoms with Crippen LogP contribution in [-0.2, 0) is 0 Å². The van der Waals surface area contributed by atoms with Crippen LogP contribution in [-0.4, -0.2) is 26.8 Å². The number of rotatable bonds is 4. The lowest BCUT2D eigenvalue weighted by Crippen LogP contribution is -2.20. The quantitative estimate of drug-likeness (QED) is 0.791. The van der Waals surface area contributed by atoms with Gasteiger partial charge in [0, 0.05) is 5.70 Å². The van der Waals surface area contributed by atoms with Gasteiger partial charge >= 0.3 is 0 Å². The van der Waals surface area contributed by atoms with Crippen LogP contribution in [0.3, 0.4) is 0 Å². The van der Waals surface area contributed by atoms with Crippen LogP contribution in [0, 0.1) is 5.82 Å². The maximum atomic E-state index is 13.2. The van der Waals surface area contributed by atoms with Gasteiger partial charge in [-0.25, -0.2) is 4.39 Å². The molecule has 2 heterocycles. The standard InChI is InChI=1S/C18H16FN5O/c1-2-25-15-9-5-13(6-10-15)17-11-16(12-3-7-14(19)8-4-12)20-18-21-22-23-24(17)18/h3-11,17H,2H2,1H3,(H,20,21,23)/t17-/m1/s1. The van der Waals surface area contributed by atoms with Gasteiger partial charge in [0.15, 0.2) is 0 Å². The number of aromatic nitrogens is 4. The van der Waals surface area contributed by atoms with Gasteiger partial charge in [0.2, 0.25) is 5.95 Å². The highest BCUT2D eigenvalue weighted by atomic mass is 19.1. The minimum absolute atomic E-state index is 0.165. The lowest BCUT2D eigenvalue weighted by atomic mass is 10.0. The van der Waals surface area contributed by atoms with Crippen LogP contribution in [0.5, 0.6) is 5.75 Å². The molecule has 4 rings (SSSR count). The largest absolute Gasteiger partial charge is 0.494 e. The molecule has 0 spiro atoms. The Balaban J connectivity index is 1.73. The fourth-order valence-electron chi connectivity index (χ4n) is 2.82. The Morgan fingerprint density at radius 2 is 1.88 bits per heavy atom. The van der Waals surface area contributed by atoms with E-state index >= 15 is 0 Å². The summed E-state index contributed by atoms with van der Waals surface area (Å²) >= 11 is 0. The van der Waals surface area contributed by atoms with Crippen LogP contribution in [0.15, 0.2) is 54.6 Å². The van der Waals surface area contributed by atoms with Gasteiger partial charge in [-0.05, 0) is 71.0 Å². The molecule has 0 fully saturated rings. The molecule has 3 aromatic rings. The van der Waals surface area contributed by atoms with E-state index in [0.29, 0.717) is 12.6 Å². The Labute approximate surface area is 143 Å². The maximum Gasteiger partial charge on any atom is 0.248 e. The van der Waals surface area contributed by atoms with E-state index in [4.69, 9.17) is 4.74 Å². The van der Waals surface area contributed by atoms with Crippen LogP contribution >= 0.6 is 0 Å². The molecule has 25 heavy (non-hydrogen) atoms. The van der Waals surface area contributed by atoms with Crippen LogP contribution in [0.25, 0.3) is 5.70 Å². The minimum atomic E-state index is -0.270. The number of hydrogen-bond acceptors (Lipinski definition) is 5. The average molecular weight is 337 g/mol. The maximum absolute atomic E-state index is 13.2. The topological polar surface area (TPSA) is 64.9 Å². The van der Waals surface area contributed by atoms with Crippen molar-refractivity contribution in [3.63, 3.8) is 0 Å². The Hall–Kier alpha value is -3.22. The summed E-state index contributed by atoms with van der Waals surface area (Å²) in [5.41, 5.74) is 2.73. The number of nitrogens with zero attached hydrogens (tertiary/aromatic N) is 4. The molecule has 1 N–H and O–H groups in total. The molecule has 6 nitrogen and oxygen atoms in total. The number of anilines is 1. The first-order valence-corrected chi connectivity index (χ1v) is 8.00. The Morgan fingerprint density at radius 1 is 1.12 bits per heavy atom. The van der Waals surface area contributed by atoms with Crippen LogP contribution < -0.4 is 10.1 Å². The number of hydrogen-bond donors (Lipinski definition) is 1. The van der Waals surface area contributed by atoms with E-state index in [-0.39, 0.29) is 11.9 Å². The minimum Gasteiger partial charge on any atom is -0.494 e. The molecule has 0 unspecified atom stereocenters. The van der Waals surface area contributed by atoms with E-state index in [0.717, 1.165) is 22.6 Å². The van der Waals surface area contributed by atoms with Crippen LogP contribution in [0.4, 0.5) is 10.3 Å². The van der Waals surface area contributed by atoms with Crippen molar-refractivity contribution in [2.24, 2.45) is 0 Å². The molecule has 0 radical (unpaired) electrons. The van der Waals surface area contributed by atoms with Crippen molar-refractivity contribution >= 4 is 11.6 Å². The molecular weight excluding hydrogens is 321 g/mol. The van der Waals surface area contributed by atoms with Gasteiger partial charge in [0.1, 0.15) is 17.6 Å². The monoisotopic (exact) mass is 337 g/mol. The summed E-state index contributed by atoms with van der Waals surface area (Å²) in [6.07, 6.45) is 2.02. The number of allylic oxidation sites excluding steroid dienone is 1. The predicted octanol–water partition coefficient (Wildman–Crippen LogP) is 3.27. The number of fused-ring (bicyclic) bond motifs is 1. The van der Waals surface area contributed by atoms with Crippen LogP contribution in [0.2, 0.25) is 0 Å². The summed E-state index contributed by atoms with van der Waals surface area (Å²) in [5, 5.41) is 15.0. The first-order chi connectivity index (χ1) is 12.2. The van der Waals surface area contributed by atoms with E-state index in [1.54, 1.807) is 16.8 Å². The van der Waals surface area contributed by atoms with Crippen LogP contribution in [0.1, 0.15) is 24.1 Å². The molecule has 0 amide bonds. The molecule has 0 saturated carbocycles. The zero-order valence-corrected chi connectivity index (χ0v) is 13.6. The first kappa shape index (κ1) is 15.3. The Morgan fingerprint density at radius 3 is 2.60 bits per heavy atom. The Bertz CT molecular complexity index is 902. The van der Waals surface area contributed by atoms with Gasteiger partial charge in [0.25, 0.3) is 0 Å². The van der Waals surface area contributed by atoms with Gasteiger partial charge in [-0.2, -0.15) is 4.68 Å². The zero-order valence-electron chi connectivity index (χ0n) is 13.6. The van der Waals surface area contributed by atoms with Crippen molar-refractivity contribution in [2.45, 2.75) is 13.0 Å². The second kappa shape index (κ2) is 6.35. The van der Waals surface area contributed by atoms with Crippen molar-refractivity contribution in [2.75, 3.05) is 11.9 Å². The van der Waals surface area contributed by atoms with Crippen molar-refractivity contribution < 1.29 is 9.13 Å². The van der Waals surface area contributed by atoms with Crippen molar-refractivity contribution in [1.82, 2.24) is 20.2 Å². The van der Waals surface area contributed by atoms with E-state index < -0.39 is 0 Å². The third kappa shape index (κ3) is 2.96. The van der Waals surface area contributed by atoms with Gasteiger partial charge in [0.05, 0.1) is 6.61 Å². The molecule has 0 aliphatic carbocycles. The highest BCUT2D eigenvalue weighted by molar-refractivity contribution is 5.76. The number of nitrogens with one attached hydrogen (secondary N) is 1.